The number of likely N-dealkylation sites (N-methyl/N-ethyl adjacent to an activating group) is 1. The molecule has 0 saturated heterocycles. The average Bonchev–Trinajstić information content (AvgIpc) is 2.10. The number of halogens is 3. The lowest BCUT2D eigenvalue weighted by molar-refractivity contribution is -0.216. The Hall–Kier alpha value is -0.330. The maximum Gasteiger partial charge on any atom is 0.414 e. The summed E-state index contributed by atoms with van der Waals surface area (Å²) in [5, 5.41) is 2.79. The SMILES string of the molecule is CNC(COC)COC(C)C(F)(F)F. The molecule has 0 amide bonds. The van der Waals surface area contributed by atoms with E-state index in [2.05, 4.69) is 10.1 Å². The highest BCUT2D eigenvalue weighted by atomic mass is 19.4. The Kier molecular flexibility index (Phi) is 6.06. The van der Waals surface area contributed by atoms with Crippen LogP contribution in [0.3, 0.4) is 0 Å². The number of methoxy groups -OCH3 is 1. The van der Waals surface area contributed by atoms with E-state index in [0.29, 0.717) is 6.61 Å². The van der Waals surface area contributed by atoms with Gasteiger partial charge in [-0.15, -0.1) is 0 Å². The Morgan fingerprint density at radius 2 is 1.86 bits per heavy atom. The van der Waals surface area contributed by atoms with E-state index < -0.39 is 12.3 Å². The maximum absolute atomic E-state index is 12.0. The first-order valence-electron chi connectivity index (χ1n) is 4.26. The van der Waals surface area contributed by atoms with Gasteiger partial charge in [-0.25, -0.2) is 0 Å². The highest BCUT2D eigenvalue weighted by Gasteiger charge is 2.37. The molecule has 0 saturated carbocycles. The fraction of sp³-hybridized carbons (Fsp3) is 1.00. The Bertz CT molecular complexity index is 152. The zero-order chi connectivity index (χ0) is 11.2. The first-order chi connectivity index (χ1) is 6.41. The fourth-order valence-electron chi connectivity index (χ4n) is 0.771. The quantitative estimate of drug-likeness (QED) is 0.722. The summed E-state index contributed by atoms with van der Waals surface area (Å²) < 4.78 is 45.5. The van der Waals surface area contributed by atoms with E-state index >= 15 is 0 Å². The molecule has 0 aromatic carbocycles. The van der Waals surface area contributed by atoms with Crippen LogP contribution in [0.2, 0.25) is 0 Å². The molecular formula is C8H16F3NO2. The highest BCUT2D eigenvalue weighted by molar-refractivity contribution is 4.66. The second kappa shape index (κ2) is 6.21. The van der Waals surface area contributed by atoms with Crippen molar-refractivity contribution < 1.29 is 22.6 Å². The lowest BCUT2D eigenvalue weighted by Gasteiger charge is -2.20. The van der Waals surface area contributed by atoms with Crippen LogP contribution in [0, 0.1) is 0 Å². The van der Waals surface area contributed by atoms with Crippen molar-refractivity contribution in [2.24, 2.45) is 0 Å². The molecule has 2 atom stereocenters. The number of alkyl halides is 3. The summed E-state index contributed by atoms with van der Waals surface area (Å²) in [6.45, 7) is 1.28. The van der Waals surface area contributed by atoms with Crippen LogP contribution in [-0.2, 0) is 9.47 Å². The third-order valence-corrected chi connectivity index (χ3v) is 1.78. The average molecular weight is 215 g/mol. The number of rotatable bonds is 6. The fourth-order valence-corrected chi connectivity index (χ4v) is 0.771. The molecule has 1 N–H and O–H groups in total. The van der Waals surface area contributed by atoms with E-state index in [4.69, 9.17) is 4.74 Å². The van der Waals surface area contributed by atoms with Gasteiger partial charge < -0.3 is 14.8 Å². The van der Waals surface area contributed by atoms with Gasteiger partial charge in [-0.3, -0.25) is 0 Å². The van der Waals surface area contributed by atoms with Gasteiger partial charge in [0.05, 0.1) is 19.3 Å². The van der Waals surface area contributed by atoms with Crippen LogP contribution in [0.5, 0.6) is 0 Å². The van der Waals surface area contributed by atoms with E-state index in [1.165, 1.54) is 7.11 Å². The summed E-state index contributed by atoms with van der Waals surface area (Å²) in [5.74, 6) is 0. The van der Waals surface area contributed by atoms with Gasteiger partial charge in [-0.1, -0.05) is 0 Å². The van der Waals surface area contributed by atoms with Crippen LogP contribution in [-0.4, -0.2) is 45.7 Å². The molecule has 6 heteroatoms. The number of hydrogen-bond donors (Lipinski definition) is 1. The van der Waals surface area contributed by atoms with Crippen LogP contribution in [0.4, 0.5) is 13.2 Å². The third kappa shape index (κ3) is 5.41. The minimum atomic E-state index is -4.30. The number of hydrogen-bond acceptors (Lipinski definition) is 3. The van der Waals surface area contributed by atoms with Gasteiger partial charge in [0, 0.05) is 7.11 Å². The number of ether oxygens (including phenoxy) is 2. The molecule has 0 radical (unpaired) electrons. The van der Waals surface area contributed by atoms with Crippen molar-refractivity contribution in [3.05, 3.63) is 0 Å². The third-order valence-electron chi connectivity index (χ3n) is 1.78. The van der Waals surface area contributed by atoms with Crippen molar-refractivity contribution in [1.82, 2.24) is 5.32 Å². The smallest absolute Gasteiger partial charge is 0.383 e. The van der Waals surface area contributed by atoms with Crippen molar-refractivity contribution >= 4 is 0 Å². The Morgan fingerprint density at radius 1 is 1.29 bits per heavy atom. The van der Waals surface area contributed by atoms with Gasteiger partial charge >= 0.3 is 6.18 Å². The molecule has 0 rings (SSSR count). The standard InChI is InChI=1S/C8H16F3NO2/c1-6(8(9,10)11)14-5-7(12-2)4-13-3/h6-7,12H,4-5H2,1-3H3. The molecular weight excluding hydrogens is 199 g/mol. The zero-order valence-electron chi connectivity index (χ0n) is 8.52. The van der Waals surface area contributed by atoms with Gasteiger partial charge in [-0.05, 0) is 14.0 Å². The minimum absolute atomic E-state index is 0.0228. The molecule has 2 unspecified atom stereocenters. The van der Waals surface area contributed by atoms with Crippen LogP contribution in [0.15, 0.2) is 0 Å². The molecule has 0 aromatic rings. The monoisotopic (exact) mass is 215 g/mol. The molecule has 0 fully saturated rings. The van der Waals surface area contributed by atoms with Crippen molar-refractivity contribution in [2.45, 2.75) is 25.2 Å². The van der Waals surface area contributed by atoms with E-state index in [-0.39, 0.29) is 12.6 Å². The molecule has 86 valence electrons. The highest BCUT2D eigenvalue weighted by Crippen LogP contribution is 2.22. The Labute approximate surface area is 81.6 Å². The van der Waals surface area contributed by atoms with Crippen molar-refractivity contribution in [3.8, 4) is 0 Å². The largest absolute Gasteiger partial charge is 0.414 e. The van der Waals surface area contributed by atoms with E-state index in [1.807, 2.05) is 0 Å². The summed E-state index contributed by atoms with van der Waals surface area (Å²) in [5.41, 5.74) is 0. The maximum atomic E-state index is 12.0. The van der Waals surface area contributed by atoms with E-state index in [0.717, 1.165) is 6.92 Å². The van der Waals surface area contributed by atoms with Crippen molar-refractivity contribution in [2.75, 3.05) is 27.4 Å². The number of nitrogens with one attached hydrogen (secondary N) is 1. The molecule has 0 spiro atoms. The molecule has 0 aliphatic rings. The topological polar surface area (TPSA) is 30.5 Å². The van der Waals surface area contributed by atoms with Gasteiger partial charge in [0.15, 0.2) is 6.10 Å². The van der Waals surface area contributed by atoms with Gasteiger partial charge in [0.25, 0.3) is 0 Å². The summed E-state index contributed by atoms with van der Waals surface area (Å²) in [7, 11) is 3.13. The van der Waals surface area contributed by atoms with E-state index in [9.17, 15) is 13.2 Å². The first kappa shape index (κ1) is 13.7. The van der Waals surface area contributed by atoms with Gasteiger partial charge in [0.1, 0.15) is 0 Å². The summed E-state index contributed by atoms with van der Waals surface area (Å²) in [4.78, 5) is 0. The lowest BCUT2D eigenvalue weighted by atomic mass is 10.3. The minimum Gasteiger partial charge on any atom is -0.383 e. The van der Waals surface area contributed by atoms with Crippen molar-refractivity contribution in [3.63, 3.8) is 0 Å². The molecule has 0 aromatic heterocycles. The first-order valence-corrected chi connectivity index (χ1v) is 4.26. The molecule has 0 bridgehead atoms. The Balaban J connectivity index is 3.79. The summed E-state index contributed by atoms with van der Waals surface area (Å²) >= 11 is 0. The molecule has 14 heavy (non-hydrogen) atoms. The Morgan fingerprint density at radius 3 is 2.21 bits per heavy atom. The zero-order valence-corrected chi connectivity index (χ0v) is 8.52. The molecule has 0 heterocycles. The van der Waals surface area contributed by atoms with Crippen LogP contribution in [0.25, 0.3) is 0 Å². The second-order valence-electron chi connectivity index (χ2n) is 2.96. The van der Waals surface area contributed by atoms with Crippen LogP contribution < -0.4 is 5.32 Å². The molecule has 0 aliphatic heterocycles. The predicted octanol–water partition coefficient (Wildman–Crippen LogP) is 1.19. The second-order valence-corrected chi connectivity index (χ2v) is 2.96. The van der Waals surface area contributed by atoms with Crippen LogP contribution in [0.1, 0.15) is 6.92 Å². The normalized spacial score (nSPS) is 16.7. The lowest BCUT2D eigenvalue weighted by Crippen LogP contribution is -2.38. The van der Waals surface area contributed by atoms with Gasteiger partial charge in [-0.2, -0.15) is 13.2 Å². The van der Waals surface area contributed by atoms with Crippen molar-refractivity contribution in [1.29, 1.82) is 0 Å². The summed E-state index contributed by atoms with van der Waals surface area (Å²) in [6.07, 6.45) is -6.04. The van der Waals surface area contributed by atoms with E-state index in [1.54, 1.807) is 7.05 Å². The molecule has 3 nitrogen and oxygen atoms in total. The van der Waals surface area contributed by atoms with Gasteiger partial charge in [0.2, 0.25) is 0 Å². The summed E-state index contributed by atoms with van der Waals surface area (Å²) in [6, 6.07) is -0.218. The van der Waals surface area contributed by atoms with Crippen LogP contribution >= 0.6 is 0 Å². The molecule has 0 aliphatic carbocycles. The predicted molar refractivity (Wildman–Crippen MR) is 46.2 cm³/mol.